The normalized spacial score (nSPS) is 34.9. The number of rotatable bonds is 2. The summed E-state index contributed by atoms with van der Waals surface area (Å²) in [6, 6.07) is 10.5. The van der Waals surface area contributed by atoms with E-state index in [1.165, 1.54) is 5.56 Å². The molecule has 2 nitrogen and oxygen atoms in total. The van der Waals surface area contributed by atoms with Gasteiger partial charge in [-0.2, -0.15) is 0 Å². The number of benzene rings is 1. The van der Waals surface area contributed by atoms with Crippen LogP contribution in [0.2, 0.25) is 0 Å². The lowest BCUT2D eigenvalue weighted by Crippen LogP contribution is -2.43. The maximum Gasteiger partial charge on any atom is 0.0620 e. The van der Waals surface area contributed by atoms with Gasteiger partial charge in [0.05, 0.1) is 5.60 Å². The minimum Gasteiger partial charge on any atom is -0.390 e. The van der Waals surface area contributed by atoms with Crippen molar-refractivity contribution in [2.45, 2.75) is 43.6 Å². The second kappa shape index (κ2) is 4.19. The Kier molecular flexibility index (Phi) is 3.04. The molecule has 88 valence electrons. The minimum absolute atomic E-state index is 0.0868. The van der Waals surface area contributed by atoms with Gasteiger partial charge >= 0.3 is 0 Å². The van der Waals surface area contributed by atoms with Gasteiger partial charge in [-0.25, -0.2) is 0 Å². The van der Waals surface area contributed by atoms with Crippen molar-refractivity contribution in [3.05, 3.63) is 35.9 Å². The zero-order valence-corrected chi connectivity index (χ0v) is 9.95. The second-order valence-corrected chi connectivity index (χ2v) is 5.35. The summed E-state index contributed by atoms with van der Waals surface area (Å²) in [6.45, 7) is 2.60. The Morgan fingerprint density at radius 2 is 1.69 bits per heavy atom. The van der Waals surface area contributed by atoms with E-state index in [9.17, 15) is 5.11 Å². The quantitative estimate of drug-likeness (QED) is 0.801. The molecular formula is C14H21NO. The van der Waals surface area contributed by atoms with Crippen molar-refractivity contribution in [3.63, 3.8) is 0 Å². The van der Waals surface area contributed by atoms with Crippen LogP contribution in [0.4, 0.5) is 0 Å². The van der Waals surface area contributed by atoms with E-state index >= 15 is 0 Å². The van der Waals surface area contributed by atoms with Crippen LogP contribution in [-0.2, 0) is 5.41 Å². The third-order valence-corrected chi connectivity index (χ3v) is 4.06. The Bertz CT molecular complexity index is 335. The molecule has 0 aliphatic heterocycles. The average Bonchev–Trinajstić information content (AvgIpc) is 2.31. The van der Waals surface area contributed by atoms with E-state index in [2.05, 4.69) is 24.3 Å². The third-order valence-electron chi connectivity index (χ3n) is 4.06. The van der Waals surface area contributed by atoms with Gasteiger partial charge in [0.1, 0.15) is 0 Å². The molecule has 0 heterocycles. The van der Waals surface area contributed by atoms with Crippen LogP contribution >= 0.6 is 0 Å². The van der Waals surface area contributed by atoms with Crippen molar-refractivity contribution in [2.24, 2.45) is 5.73 Å². The van der Waals surface area contributed by atoms with E-state index in [0.717, 1.165) is 25.7 Å². The fourth-order valence-corrected chi connectivity index (χ4v) is 2.67. The molecule has 1 saturated carbocycles. The largest absolute Gasteiger partial charge is 0.390 e. The van der Waals surface area contributed by atoms with E-state index in [1.807, 2.05) is 13.0 Å². The van der Waals surface area contributed by atoms with Gasteiger partial charge in [-0.3, -0.25) is 0 Å². The lowest BCUT2D eigenvalue weighted by Gasteiger charge is -2.42. The molecule has 1 aliphatic carbocycles. The molecule has 0 unspecified atom stereocenters. The van der Waals surface area contributed by atoms with Gasteiger partial charge in [0.15, 0.2) is 0 Å². The van der Waals surface area contributed by atoms with Crippen LogP contribution < -0.4 is 5.73 Å². The predicted octanol–water partition coefficient (Wildman–Crippen LogP) is 2.21. The van der Waals surface area contributed by atoms with Gasteiger partial charge in [0.25, 0.3) is 0 Å². The van der Waals surface area contributed by atoms with Crippen LogP contribution in [0.15, 0.2) is 30.3 Å². The lowest BCUT2D eigenvalue weighted by molar-refractivity contribution is 0.00144. The Morgan fingerprint density at radius 3 is 2.19 bits per heavy atom. The monoisotopic (exact) mass is 219 g/mol. The first kappa shape index (κ1) is 11.6. The van der Waals surface area contributed by atoms with E-state index in [1.54, 1.807) is 0 Å². The highest BCUT2D eigenvalue weighted by atomic mass is 16.3. The van der Waals surface area contributed by atoms with Gasteiger partial charge < -0.3 is 10.8 Å². The van der Waals surface area contributed by atoms with Crippen molar-refractivity contribution < 1.29 is 5.11 Å². The van der Waals surface area contributed by atoms with E-state index in [4.69, 9.17) is 5.73 Å². The summed E-state index contributed by atoms with van der Waals surface area (Å²) < 4.78 is 0. The van der Waals surface area contributed by atoms with E-state index in [0.29, 0.717) is 6.54 Å². The Morgan fingerprint density at radius 1 is 1.12 bits per heavy atom. The summed E-state index contributed by atoms with van der Waals surface area (Å²) in [4.78, 5) is 0. The Balaban J connectivity index is 2.23. The zero-order valence-electron chi connectivity index (χ0n) is 9.95. The molecule has 0 radical (unpaired) electrons. The summed E-state index contributed by atoms with van der Waals surface area (Å²) in [5.74, 6) is 0. The van der Waals surface area contributed by atoms with Crippen molar-refractivity contribution in [2.75, 3.05) is 6.54 Å². The smallest absolute Gasteiger partial charge is 0.0620 e. The molecule has 2 rings (SSSR count). The minimum atomic E-state index is -0.493. The van der Waals surface area contributed by atoms with Crippen LogP contribution in [0.3, 0.4) is 0 Å². The molecule has 3 N–H and O–H groups in total. The van der Waals surface area contributed by atoms with Gasteiger partial charge in [0.2, 0.25) is 0 Å². The maximum atomic E-state index is 10.0. The van der Waals surface area contributed by atoms with Crippen LogP contribution in [0.5, 0.6) is 0 Å². The molecule has 1 aromatic carbocycles. The van der Waals surface area contributed by atoms with Gasteiger partial charge in [0, 0.05) is 12.0 Å². The molecule has 1 aliphatic rings. The second-order valence-electron chi connectivity index (χ2n) is 5.35. The van der Waals surface area contributed by atoms with E-state index in [-0.39, 0.29) is 5.41 Å². The predicted molar refractivity (Wildman–Crippen MR) is 66.3 cm³/mol. The van der Waals surface area contributed by atoms with Gasteiger partial charge in [-0.1, -0.05) is 30.3 Å². The fourth-order valence-electron chi connectivity index (χ4n) is 2.67. The molecular weight excluding hydrogens is 198 g/mol. The zero-order chi connectivity index (χ0) is 11.6. The molecule has 0 atom stereocenters. The first-order valence-corrected chi connectivity index (χ1v) is 6.06. The molecule has 0 aromatic heterocycles. The van der Waals surface area contributed by atoms with Crippen molar-refractivity contribution in [1.82, 2.24) is 0 Å². The third kappa shape index (κ3) is 2.13. The highest BCUT2D eigenvalue weighted by Crippen LogP contribution is 2.42. The summed E-state index contributed by atoms with van der Waals surface area (Å²) in [5, 5.41) is 10.0. The highest BCUT2D eigenvalue weighted by Gasteiger charge is 2.39. The molecule has 2 heteroatoms. The fraction of sp³-hybridized carbons (Fsp3) is 0.571. The van der Waals surface area contributed by atoms with Crippen LogP contribution in [0.25, 0.3) is 0 Å². The summed E-state index contributed by atoms with van der Waals surface area (Å²) >= 11 is 0. The first-order chi connectivity index (χ1) is 7.58. The molecule has 16 heavy (non-hydrogen) atoms. The standard InChI is InChI=1S/C14H21NO/c1-13(16)7-9-14(11-15,10-8-13)12-5-3-2-4-6-12/h2-6,16H,7-11,15H2,1H3. The molecule has 0 bridgehead atoms. The van der Waals surface area contributed by atoms with E-state index < -0.39 is 5.60 Å². The first-order valence-electron chi connectivity index (χ1n) is 6.06. The van der Waals surface area contributed by atoms with Crippen molar-refractivity contribution in [1.29, 1.82) is 0 Å². The Labute approximate surface area is 97.5 Å². The number of aliphatic hydroxyl groups is 1. The summed E-state index contributed by atoms with van der Waals surface area (Å²) in [6.07, 6.45) is 3.67. The highest BCUT2D eigenvalue weighted by molar-refractivity contribution is 5.27. The molecule has 0 saturated heterocycles. The van der Waals surface area contributed by atoms with Crippen molar-refractivity contribution in [3.8, 4) is 0 Å². The number of hydrogen-bond acceptors (Lipinski definition) is 2. The average molecular weight is 219 g/mol. The summed E-state index contributed by atoms with van der Waals surface area (Å²) in [5.41, 5.74) is 6.90. The molecule has 1 fully saturated rings. The Hall–Kier alpha value is -0.860. The van der Waals surface area contributed by atoms with Crippen molar-refractivity contribution >= 4 is 0 Å². The topological polar surface area (TPSA) is 46.2 Å². The van der Waals surface area contributed by atoms with Crippen LogP contribution in [0.1, 0.15) is 38.2 Å². The molecule has 1 aromatic rings. The van der Waals surface area contributed by atoms with Crippen LogP contribution in [-0.4, -0.2) is 17.3 Å². The lowest BCUT2D eigenvalue weighted by atomic mass is 9.65. The van der Waals surface area contributed by atoms with Gasteiger partial charge in [-0.05, 0) is 38.2 Å². The number of nitrogens with two attached hydrogens (primary N) is 1. The van der Waals surface area contributed by atoms with Gasteiger partial charge in [-0.15, -0.1) is 0 Å². The molecule has 0 spiro atoms. The summed E-state index contributed by atoms with van der Waals surface area (Å²) in [7, 11) is 0. The molecule has 0 amide bonds. The SMILES string of the molecule is CC1(O)CCC(CN)(c2ccccc2)CC1. The van der Waals surface area contributed by atoms with Crippen LogP contribution in [0, 0.1) is 0 Å². The maximum absolute atomic E-state index is 10.0. The number of hydrogen-bond donors (Lipinski definition) is 2.